The highest BCUT2D eigenvalue weighted by Gasteiger charge is 2.29. The van der Waals surface area contributed by atoms with Crippen LogP contribution in [0.1, 0.15) is 25.0 Å². The molecule has 4 nitrogen and oxygen atoms in total. The SMILES string of the molecule is CCOP(=O)(OCC)C(C#N)=Cc1cccc(C)c1. The Morgan fingerprint density at radius 2 is 2.00 bits per heavy atom. The summed E-state index contributed by atoms with van der Waals surface area (Å²) in [6, 6.07) is 9.50. The molecule has 0 aliphatic rings. The van der Waals surface area contributed by atoms with Crippen molar-refractivity contribution in [1.82, 2.24) is 0 Å². The molecule has 1 aromatic rings. The number of hydrogen-bond acceptors (Lipinski definition) is 4. The van der Waals surface area contributed by atoms with Crippen molar-refractivity contribution >= 4 is 13.7 Å². The first kappa shape index (κ1) is 15.7. The predicted octanol–water partition coefficient (Wildman–Crippen LogP) is 4.13. The molecule has 0 aliphatic heterocycles. The first-order valence-electron chi connectivity index (χ1n) is 6.14. The van der Waals surface area contributed by atoms with E-state index in [1.54, 1.807) is 19.9 Å². The van der Waals surface area contributed by atoms with Gasteiger partial charge in [0, 0.05) is 0 Å². The zero-order chi connectivity index (χ0) is 14.3. The second-order valence-electron chi connectivity index (χ2n) is 3.89. The fourth-order valence-electron chi connectivity index (χ4n) is 1.61. The van der Waals surface area contributed by atoms with Crippen LogP contribution in [-0.4, -0.2) is 13.2 Å². The molecule has 0 atom stereocenters. The lowest BCUT2D eigenvalue weighted by molar-refractivity contribution is 0.227. The molecular weight excluding hydrogens is 261 g/mol. The van der Waals surface area contributed by atoms with E-state index in [2.05, 4.69) is 0 Å². The molecule has 0 aliphatic carbocycles. The van der Waals surface area contributed by atoms with Crippen molar-refractivity contribution in [3.8, 4) is 6.07 Å². The van der Waals surface area contributed by atoms with E-state index in [4.69, 9.17) is 9.05 Å². The first-order chi connectivity index (χ1) is 9.05. The molecule has 0 unspecified atom stereocenters. The minimum Gasteiger partial charge on any atom is -0.305 e. The van der Waals surface area contributed by atoms with Crippen LogP contribution in [0.2, 0.25) is 0 Å². The minimum absolute atomic E-state index is 0.0294. The van der Waals surface area contributed by atoms with E-state index in [1.165, 1.54) is 0 Å². The highest BCUT2D eigenvalue weighted by atomic mass is 31.2. The zero-order valence-corrected chi connectivity index (χ0v) is 12.3. The number of aryl methyl sites for hydroxylation is 1. The van der Waals surface area contributed by atoms with E-state index < -0.39 is 7.60 Å². The molecule has 1 aromatic carbocycles. The van der Waals surface area contributed by atoms with E-state index in [9.17, 15) is 9.83 Å². The van der Waals surface area contributed by atoms with Crippen LogP contribution in [-0.2, 0) is 13.6 Å². The number of nitrogens with zero attached hydrogens (tertiary/aromatic N) is 1. The second kappa shape index (κ2) is 7.25. The molecule has 19 heavy (non-hydrogen) atoms. The van der Waals surface area contributed by atoms with E-state index in [0.717, 1.165) is 11.1 Å². The van der Waals surface area contributed by atoms with Crippen molar-refractivity contribution in [3.63, 3.8) is 0 Å². The summed E-state index contributed by atoms with van der Waals surface area (Å²) in [4.78, 5) is 0. The highest BCUT2D eigenvalue weighted by Crippen LogP contribution is 2.56. The largest absolute Gasteiger partial charge is 0.371 e. The van der Waals surface area contributed by atoms with Gasteiger partial charge in [-0.2, -0.15) is 5.26 Å². The topological polar surface area (TPSA) is 59.3 Å². The van der Waals surface area contributed by atoms with Gasteiger partial charge in [0.2, 0.25) is 0 Å². The van der Waals surface area contributed by atoms with Crippen LogP contribution >= 0.6 is 7.60 Å². The predicted molar refractivity (Wildman–Crippen MR) is 75.6 cm³/mol. The van der Waals surface area contributed by atoms with Gasteiger partial charge < -0.3 is 9.05 Å². The number of nitriles is 1. The summed E-state index contributed by atoms with van der Waals surface area (Å²) in [7, 11) is -3.51. The maximum atomic E-state index is 12.5. The van der Waals surface area contributed by atoms with Gasteiger partial charge >= 0.3 is 7.60 Å². The molecule has 0 N–H and O–H groups in total. The van der Waals surface area contributed by atoms with Crippen LogP contribution in [0.4, 0.5) is 0 Å². The van der Waals surface area contributed by atoms with E-state index in [-0.39, 0.29) is 18.5 Å². The Kier molecular flexibility index (Phi) is 5.98. The van der Waals surface area contributed by atoms with Crippen molar-refractivity contribution in [1.29, 1.82) is 5.26 Å². The summed E-state index contributed by atoms with van der Waals surface area (Å²) in [5.41, 5.74) is 1.87. The monoisotopic (exact) mass is 279 g/mol. The summed E-state index contributed by atoms with van der Waals surface area (Å²) in [6.07, 6.45) is 1.55. The van der Waals surface area contributed by atoms with Gasteiger partial charge in [0.15, 0.2) is 0 Å². The average Bonchev–Trinajstić information content (AvgIpc) is 2.36. The summed E-state index contributed by atoms with van der Waals surface area (Å²) >= 11 is 0. The molecule has 0 spiro atoms. The summed E-state index contributed by atoms with van der Waals surface area (Å²) in [5.74, 6) is 0. The Morgan fingerprint density at radius 1 is 1.37 bits per heavy atom. The van der Waals surface area contributed by atoms with Crippen molar-refractivity contribution in [2.24, 2.45) is 0 Å². The van der Waals surface area contributed by atoms with Crippen LogP contribution in [0.25, 0.3) is 6.08 Å². The number of hydrogen-bond donors (Lipinski definition) is 0. The lowest BCUT2D eigenvalue weighted by atomic mass is 10.1. The van der Waals surface area contributed by atoms with Gasteiger partial charge in [-0.3, -0.25) is 4.57 Å². The summed E-state index contributed by atoms with van der Waals surface area (Å²) < 4.78 is 22.8. The molecule has 102 valence electrons. The van der Waals surface area contributed by atoms with E-state index >= 15 is 0 Å². The van der Waals surface area contributed by atoms with Gasteiger partial charge in [0.1, 0.15) is 11.4 Å². The molecule has 0 radical (unpaired) electrons. The Morgan fingerprint density at radius 3 is 2.47 bits per heavy atom. The van der Waals surface area contributed by atoms with Gasteiger partial charge in [0.05, 0.1) is 13.2 Å². The van der Waals surface area contributed by atoms with Crippen LogP contribution in [0, 0.1) is 18.3 Å². The highest BCUT2D eigenvalue weighted by molar-refractivity contribution is 7.59. The first-order valence-corrected chi connectivity index (χ1v) is 7.68. The number of benzene rings is 1. The molecule has 0 amide bonds. The van der Waals surface area contributed by atoms with Crippen molar-refractivity contribution in [2.75, 3.05) is 13.2 Å². The van der Waals surface area contributed by atoms with Crippen LogP contribution < -0.4 is 0 Å². The lowest BCUT2D eigenvalue weighted by Crippen LogP contribution is -1.97. The van der Waals surface area contributed by atoms with Crippen molar-refractivity contribution in [3.05, 3.63) is 40.7 Å². The van der Waals surface area contributed by atoms with Crippen molar-refractivity contribution < 1.29 is 13.6 Å². The Bertz CT molecular complexity index is 536. The third-order valence-corrected chi connectivity index (χ3v) is 4.37. The van der Waals surface area contributed by atoms with Crippen LogP contribution in [0.3, 0.4) is 0 Å². The summed E-state index contributed by atoms with van der Waals surface area (Å²) in [5, 5.41) is 9.22. The molecule has 0 heterocycles. The fourth-order valence-corrected chi connectivity index (χ4v) is 3.07. The molecule has 5 heteroatoms. The van der Waals surface area contributed by atoms with Gasteiger partial charge in [-0.25, -0.2) is 0 Å². The van der Waals surface area contributed by atoms with Gasteiger partial charge in [-0.1, -0.05) is 29.8 Å². The standard InChI is InChI=1S/C14H18NO3P/c1-4-17-19(16,18-5-2)14(11-15)10-13-8-6-7-12(3)9-13/h6-10H,4-5H2,1-3H3. The van der Waals surface area contributed by atoms with E-state index in [0.29, 0.717) is 0 Å². The third kappa shape index (κ3) is 4.33. The van der Waals surface area contributed by atoms with Gasteiger partial charge in [-0.15, -0.1) is 0 Å². The Balaban J connectivity index is 3.18. The zero-order valence-electron chi connectivity index (χ0n) is 11.4. The number of rotatable bonds is 6. The maximum absolute atomic E-state index is 12.5. The smallest absolute Gasteiger partial charge is 0.305 e. The van der Waals surface area contributed by atoms with Crippen molar-refractivity contribution in [2.45, 2.75) is 20.8 Å². The quantitative estimate of drug-likeness (QED) is 0.580. The van der Waals surface area contributed by atoms with Crippen LogP contribution in [0.5, 0.6) is 0 Å². The average molecular weight is 279 g/mol. The summed E-state index contributed by atoms with van der Waals surface area (Å²) in [6.45, 7) is 5.84. The maximum Gasteiger partial charge on any atom is 0.371 e. The van der Waals surface area contributed by atoms with Crippen LogP contribution in [0.15, 0.2) is 29.6 Å². The third-order valence-electron chi connectivity index (χ3n) is 2.35. The number of allylic oxidation sites excluding steroid dienone is 1. The molecule has 0 aromatic heterocycles. The molecule has 0 bridgehead atoms. The normalized spacial score (nSPS) is 12.2. The molecule has 0 saturated carbocycles. The van der Waals surface area contributed by atoms with E-state index in [1.807, 2.05) is 37.3 Å². The molecule has 1 rings (SSSR count). The molecule has 0 fully saturated rings. The van der Waals surface area contributed by atoms with Gasteiger partial charge in [-0.05, 0) is 32.4 Å². The van der Waals surface area contributed by atoms with Gasteiger partial charge in [0.25, 0.3) is 0 Å². The Labute approximate surface area is 114 Å². The fraction of sp³-hybridized carbons (Fsp3) is 0.357. The second-order valence-corrected chi connectivity index (χ2v) is 5.88. The lowest BCUT2D eigenvalue weighted by Gasteiger charge is -2.15. The Hall–Kier alpha value is -1.40. The minimum atomic E-state index is -3.51. The molecular formula is C14H18NO3P. The molecule has 0 saturated heterocycles.